The zero-order chi connectivity index (χ0) is 13.2. The van der Waals surface area contributed by atoms with E-state index in [1.165, 1.54) is 37.0 Å². The van der Waals surface area contributed by atoms with Gasteiger partial charge in [0.05, 0.1) is 0 Å². The molecular formula is C14H19BrN2OS. The summed E-state index contributed by atoms with van der Waals surface area (Å²) in [5.41, 5.74) is 0. The van der Waals surface area contributed by atoms with Gasteiger partial charge in [0, 0.05) is 23.6 Å². The standard InChI is InChI=1S/C14H19BrN2OS/c15-12-5-7-19-13(12)14(18)17(8-10-3-4-10)9-11-2-1-6-16-11/h5,7,10-11,16H,1-4,6,8-9H2. The Hall–Kier alpha value is -0.390. The summed E-state index contributed by atoms with van der Waals surface area (Å²) in [6, 6.07) is 2.45. The SMILES string of the molecule is O=C(c1sccc1Br)N(CC1CC1)CC1CCCN1. The first kappa shape index (κ1) is 13.6. The summed E-state index contributed by atoms with van der Waals surface area (Å²) in [5.74, 6) is 0.937. The molecule has 0 aromatic carbocycles. The van der Waals surface area contributed by atoms with Gasteiger partial charge in [-0.05, 0) is 65.5 Å². The number of hydrogen-bond acceptors (Lipinski definition) is 3. The fourth-order valence-electron chi connectivity index (χ4n) is 2.62. The Labute approximate surface area is 126 Å². The Balaban J connectivity index is 1.69. The average Bonchev–Trinajstić information content (AvgIpc) is 2.88. The van der Waals surface area contributed by atoms with Crippen molar-refractivity contribution >= 4 is 33.2 Å². The number of nitrogens with zero attached hydrogens (tertiary/aromatic N) is 1. The summed E-state index contributed by atoms with van der Waals surface area (Å²) in [6.45, 7) is 2.89. The van der Waals surface area contributed by atoms with Crippen LogP contribution in [0.4, 0.5) is 0 Å². The number of amides is 1. The lowest BCUT2D eigenvalue weighted by Gasteiger charge is -2.25. The normalized spacial score (nSPS) is 22.7. The molecule has 1 saturated heterocycles. The zero-order valence-corrected chi connectivity index (χ0v) is 13.3. The number of halogens is 1. The van der Waals surface area contributed by atoms with Crippen molar-refractivity contribution in [3.63, 3.8) is 0 Å². The molecule has 3 rings (SSSR count). The third-order valence-electron chi connectivity index (χ3n) is 3.88. The van der Waals surface area contributed by atoms with Crippen LogP contribution >= 0.6 is 27.3 Å². The second-order valence-electron chi connectivity index (χ2n) is 5.54. The third-order valence-corrected chi connectivity index (χ3v) is 5.70. The molecule has 1 N–H and O–H groups in total. The molecule has 1 aromatic rings. The quantitative estimate of drug-likeness (QED) is 0.891. The Morgan fingerprint density at radius 1 is 1.42 bits per heavy atom. The van der Waals surface area contributed by atoms with Crippen molar-refractivity contribution in [2.75, 3.05) is 19.6 Å². The smallest absolute Gasteiger partial charge is 0.265 e. The molecular weight excluding hydrogens is 324 g/mol. The minimum atomic E-state index is 0.197. The first-order valence-corrected chi connectivity index (χ1v) is 8.67. The highest BCUT2D eigenvalue weighted by Crippen LogP contribution is 2.32. The van der Waals surface area contributed by atoms with Crippen LogP contribution < -0.4 is 5.32 Å². The summed E-state index contributed by atoms with van der Waals surface area (Å²) in [6.07, 6.45) is 5.00. The molecule has 2 heterocycles. The predicted molar refractivity (Wildman–Crippen MR) is 81.7 cm³/mol. The van der Waals surface area contributed by atoms with Crippen LogP contribution in [0.2, 0.25) is 0 Å². The fraction of sp³-hybridized carbons (Fsp3) is 0.643. The molecule has 1 aromatic heterocycles. The van der Waals surface area contributed by atoms with Gasteiger partial charge in [0.15, 0.2) is 0 Å². The van der Waals surface area contributed by atoms with Crippen molar-refractivity contribution in [3.05, 3.63) is 20.8 Å². The van der Waals surface area contributed by atoms with Gasteiger partial charge < -0.3 is 10.2 Å². The highest BCUT2D eigenvalue weighted by atomic mass is 79.9. The maximum atomic E-state index is 12.7. The van der Waals surface area contributed by atoms with Gasteiger partial charge in [0.2, 0.25) is 0 Å². The summed E-state index contributed by atoms with van der Waals surface area (Å²) in [7, 11) is 0. The van der Waals surface area contributed by atoms with E-state index in [4.69, 9.17) is 0 Å². The summed E-state index contributed by atoms with van der Waals surface area (Å²) in [5, 5.41) is 5.47. The molecule has 19 heavy (non-hydrogen) atoms. The summed E-state index contributed by atoms with van der Waals surface area (Å²) in [4.78, 5) is 15.6. The third kappa shape index (κ3) is 3.38. The minimum Gasteiger partial charge on any atom is -0.336 e. The van der Waals surface area contributed by atoms with Gasteiger partial charge >= 0.3 is 0 Å². The number of carbonyl (C=O) groups excluding carboxylic acids is 1. The van der Waals surface area contributed by atoms with Crippen molar-refractivity contribution in [2.45, 2.75) is 31.7 Å². The molecule has 1 amide bonds. The van der Waals surface area contributed by atoms with Crippen molar-refractivity contribution < 1.29 is 4.79 Å². The molecule has 0 spiro atoms. The van der Waals surface area contributed by atoms with Crippen LogP contribution in [-0.4, -0.2) is 36.5 Å². The number of rotatable bonds is 5. The Kier molecular flexibility index (Phi) is 4.24. The molecule has 2 fully saturated rings. The van der Waals surface area contributed by atoms with E-state index in [-0.39, 0.29) is 5.91 Å². The predicted octanol–water partition coefficient (Wildman–Crippen LogP) is 3.11. The van der Waals surface area contributed by atoms with Crippen LogP contribution in [0.1, 0.15) is 35.4 Å². The van der Waals surface area contributed by atoms with E-state index in [0.717, 1.165) is 34.9 Å². The molecule has 0 radical (unpaired) electrons. The van der Waals surface area contributed by atoms with Crippen LogP contribution in [0.5, 0.6) is 0 Å². The fourth-order valence-corrected chi connectivity index (χ4v) is 4.13. The highest BCUT2D eigenvalue weighted by Gasteiger charge is 2.30. The van der Waals surface area contributed by atoms with Crippen LogP contribution in [-0.2, 0) is 0 Å². The summed E-state index contributed by atoms with van der Waals surface area (Å²) >= 11 is 5.01. The average molecular weight is 343 g/mol. The monoisotopic (exact) mass is 342 g/mol. The van der Waals surface area contributed by atoms with Crippen LogP contribution in [0.3, 0.4) is 0 Å². The van der Waals surface area contributed by atoms with E-state index in [0.29, 0.717) is 6.04 Å². The van der Waals surface area contributed by atoms with Crippen LogP contribution in [0.25, 0.3) is 0 Å². The topological polar surface area (TPSA) is 32.3 Å². The van der Waals surface area contributed by atoms with E-state index in [1.54, 1.807) is 0 Å². The Bertz CT molecular complexity index is 452. The molecule has 1 aliphatic carbocycles. The van der Waals surface area contributed by atoms with Gasteiger partial charge in [-0.25, -0.2) is 0 Å². The van der Waals surface area contributed by atoms with Crippen LogP contribution in [0, 0.1) is 5.92 Å². The number of nitrogens with one attached hydrogen (secondary N) is 1. The van der Waals surface area contributed by atoms with E-state index in [1.807, 2.05) is 11.4 Å². The highest BCUT2D eigenvalue weighted by molar-refractivity contribution is 9.10. The molecule has 5 heteroatoms. The number of hydrogen-bond donors (Lipinski definition) is 1. The lowest BCUT2D eigenvalue weighted by molar-refractivity contribution is 0.0737. The first-order chi connectivity index (χ1) is 9.24. The van der Waals surface area contributed by atoms with Crippen molar-refractivity contribution in [1.82, 2.24) is 10.2 Å². The van der Waals surface area contributed by atoms with E-state index in [9.17, 15) is 4.79 Å². The van der Waals surface area contributed by atoms with Crippen LogP contribution in [0.15, 0.2) is 15.9 Å². The van der Waals surface area contributed by atoms with Crippen molar-refractivity contribution in [2.24, 2.45) is 5.92 Å². The molecule has 1 unspecified atom stereocenters. The largest absolute Gasteiger partial charge is 0.336 e. The molecule has 3 nitrogen and oxygen atoms in total. The van der Waals surface area contributed by atoms with E-state index < -0.39 is 0 Å². The lowest BCUT2D eigenvalue weighted by Crippen LogP contribution is -2.42. The van der Waals surface area contributed by atoms with E-state index in [2.05, 4.69) is 26.1 Å². The van der Waals surface area contributed by atoms with Crippen molar-refractivity contribution in [3.8, 4) is 0 Å². The van der Waals surface area contributed by atoms with E-state index >= 15 is 0 Å². The molecule has 1 atom stereocenters. The Morgan fingerprint density at radius 3 is 2.84 bits per heavy atom. The number of carbonyl (C=O) groups is 1. The van der Waals surface area contributed by atoms with Gasteiger partial charge in [0.25, 0.3) is 5.91 Å². The van der Waals surface area contributed by atoms with Gasteiger partial charge in [-0.1, -0.05) is 0 Å². The zero-order valence-electron chi connectivity index (χ0n) is 10.9. The second-order valence-corrected chi connectivity index (χ2v) is 7.31. The van der Waals surface area contributed by atoms with Gasteiger partial charge in [0.1, 0.15) is 4.88 Å². The maximum absolute atomic E-state index is 12.7. The Morgan fingerprint density at radius 2 is 2.26 bits per heavy atom. The second kappa shape index (κ2) is 5.94. The molecule has 1 saturated carbocycles. The molecule has 1 aliphatic heterocycles. The molecule has 104 valence electrons. The maximum Gasteiger partial charge on any atom is 0.265 e. The number of thiophene rings is 1. The van der Waals surface area contributed by atoms with Gasteiger partial charge in [-0.15, -0.1) is 11.3 Å². The van der Waals surface area contributed by atoms with Gasteiger partial charge in [-0.2, -0.15) is 0 Å². The first-order valence-electron chi connectivity index (χ1n) is 6.99. The molecule has 0 bridgehead atoms. The summed E-state index contributed by atoms with van der Waals surface area (Å²) < 4.78 is 0.933. The lowest BCUT2D eigenvalue weighted by atomic mass is 10.2. The van der Waals surface area contributed by atoms with Gasteiger partial charge in [-0.3, -0.25) is 4.79 Å². The minimum absolute atomic E-state index is 0.197. The van der Waals surface area contributed by atoms with Crippen molar-refractivity contribution in [1.29, 1.82) is 0 Å². The molecule has 2 aliphatic rings.